The van der Waals surface area contributed by atoms with E-state index in [1.54, 1.807) is 19.2 Å². The quantitative estimate of drug-likeness (QED) is 0.890. The van der Waals surface area contributed by atoms with Crippen LogP contribution in [-0.2, 0) is 0 Å². The fraction of sp³-hybridized carbons (Fsp3) is 0.650. The van der Waals surface area contributed by atoms with Crippen LogP contribution < -0.4 is 4.74 Å². The first kappa shape index (κ1) is 18.1. The topological polar surface area (TPSA) is 53.0 Å². The number of benzene rings is 1. The third-order valence-electron chi connectivity index (χ3n) is 5.43. The maximum atomic E-state index is 13.0. The minimum atomic E-state index is -0.102. The minimum Gasteiger partial charge on any atom is -0.507 e. The highest BCUT2D eigenvalue weighted by Gasteiger charge is 2.34. The number of carbonyl (C=O) groups is 1. The number of phenolic OH excluding ortho intramolecular Hbond substituents is 1. The van der Waals surface area contributed by atoms with Crippen molar-refractivity contribution in [3.63, 3.8) is 0 Å². The zero-order valence-corrected chi connectivity index (χ0v) is 15.6. The minimum absolute atomic E-state index is 0.0194. The van der Waals surface area contributed by atoms with E-state index in [2.05, 4.69) is 18.7 Å². The molecule has 0 aromatic heterocycles. The van der Waals surface area contributed by atoms with Gasteiger partial charge < -0.3 is 14.7 Å². The average Bonchev–Trinajstić information content (AvgIpc) is 3.42. The summed E-state index contributed by atoms with van der Waals surface area (Å²) in [5.41, 5.74) is 0.331. The predicted octanol–water partition coefficient (Wildman–Crippen LogP) is 2.98. The SMILES string of the molecule is COc1ccc(O)c(C(=O)N2CCCN(CC3CC3)[C@H](C(C)C)C2)c1. The number of phenols is 1. The normalized spacial score (nSPS) is 22.1. The molecule has 1 atom stereocenters. The average molecular weight is 346 g/mol. The lowest BCUT2D eigenvalue weighted by Crippen LogP contribution is -2.46. The zero-order valence-electron chi connectivity index (χ0n) is 15.6. The molecule has 1 aromatic rings. The Balaban J connectivity index is 1.78. The molecule has 1 aromatic carbocycles. The molecule has 0 unspecified atom stereocenters. The highest BCUT2D eigenvalue weighted by Crippen LogP contribution is 2.32. The third kappa shape index (κ3) is 4.27. The molecule has 0 bridgehead atoms. The summed E-state index contributed by atoms with van der Waals surface area (Å²) in [6.07, 6.45) is 3.68. The van der Waals surface area contributed by atoms with Gasteiger partial charge in [-0.3, -0.25) is 9.69 Å². The molecule has 1 heterocycles. The fourth-order valence-corrected chi connectivity index (χ4v) is 3.72. The second kappa shape index (κ2) is 7.65. The Morgan fingerprint density at radius 2 is 2.08 bits per heavy atom. The van der Waals surface area contributed by atoms with Crippen LogP contribution in [0.4, 0.5) is 0 Å². The van der Waals surface area contributed by atoms with Crippen molar-refractivity contribution >= 4 is 5.91 Å². The van der Waals surface area contributed by atoms with Gasteiger partial charge in [0.15, 0.2) is 0 Å². The van der Waals surface area contributed by atoms with Crippen molar-refractivity contribution in [1.29, 1.82) is 0 Å². The number of rotatable bonds is 5. The van der Waals surface area contributed by atoms with Crippen molar-refractivity contribution in [2.75, 3.05) is 33.3 Å². The third-order valence-corrected chi connectivity index (χ3v) is 5.43. The molecule has 5 nitrogen and oxygen atoms in total. The Morgan fingerprint density at radius 3 is 2.72 bits per heavy atom. The second-order valence-corrected chi connectivity index (χ2v) is 7.74. The first-order chi connectivity index (χ1) is 12.0. The molecule has 25 heavy (non-hydrogen) atoms. The molecule has 1 saturated carbocycles. The molecule has 2 aliphatic rings. The molecule has 138 valence electrons. The maximum absolute atomic E-state index is 13.0. The summed E-state index contributed by atoms with van der Waals surface area (Å²) >= 11 is 0. The summed E-state index contributed by atoms with van der Waals surface area (Å²) in [4.78, 5) is 17.5. The summed E-state index contributed by atoms with van der Waals surface area (Å²) in [6, 6.07) is 5.21. The van der Waals surface area contributed by atoms with Crippen LogP contribution in [0.2, 0.25) is 0 Å². The number of aromatic hydroxyl groups is 1. The van der Waals surface area contributed by atoms with E-state index in [1.165, 1.54) is 18.9 Å². The van der Waals surface area contributed by atoms with Crippen molar-refractivity contribution in [3.05, 3.63) is 23.8 Å². The lowest BCUT2D eigenvalue weighted by molar-refractivity contribution is 0.0701. The highest BCUT2D eigenvalue weighted by atomic mass is 16.5. The molecule has 1 aliphatic heterocycles. The van der Waals surface area contributed by atoms with Crippen molar-refractivity contribution < 1.29 is 14.6 Å². The predicted molar refractivity (Wildman–Crippen MR) is 98.1 cm³/mol. The van der Waals surface area contributed by atoms with Gasteiger partial charge in [0.2, 0.25) is 0 Å². The summed E-state index contributed by atoms with van der Waals surface area (Å²) < 4.78 is 5.21. The van der Waals surface area contributed by atoms with E-state index < -0.39 is 0 Å². The monoisotopic (exact) mass is 346 g/mol. The second-order valence-electron chi connectivity index (χ2n) is 7.74. The van der Waals surface area contributed by atoms with Crippen LogP contribution >= 0.6 is 0 Å². The van der Waals surface area contributed by atoms with Crippen LogP contribution in [0.1, 0.15) is 43.5 Å². The number of hydrogen-bond donors (Lipinski definition) is 1. The Labute approximate surface area is 150 Å². The smallest absolute Gasteiger partial charge is 0.257 e. The van der Waals surface area contributed by atoms with Crippen LogP contribution in [0.25, 0.3) is 0 Å². The molecule has 2 fully saturated rings. The number of ether oxygens (including phenoxy) is 1. The van der Waals surface area contributed by atoms with Gasteiger partial charge >= 0.3 is 0 Å². The van der Waals surface area contributed by atoms with Crippen molar-refractivity contribution in [2.24, 2.45) is 11.8 Å². The van der Waals surface area contributed by atoms with Crippen LogP contribution in [0.3, 0.4) is 0 Å². The lowest BCUT2D eigenvalue weighted by atomic mass is 10.0. The summed E-state index contributed by atoms with van der Waals surface area (Å²) in [5.74, 6) is 1.85. The molecule has 3 rings (SSSR count). The van der Waals surface area contributed by atoms with Crippen molar-refractivity contribution in [3.8, 4) is 11.5 Å². The van der Waals surface area contributed by atoms with Gasteiger partial charge in [-0.05, 0) is 49.3 Å². The van der Waals surface area contributed by atoms with E-state index in [-0.39, 0.29) is 11.7 Å². The first-order valence-corrected chi connectivity index (χ1v) is 9.40. The molecule has 1 amide bonds. The molecular formula is C20H30N2O3. The number of amides is 1. The molecule has 0 spiro atoms. The van der Waals surface area contributed by atoms with Gasteiger partial charge in [-0.1, -0.05) is 13.8 Å². The number of hydrogen-bond acceptors (Lipinski definition) is 4. The van der Waals surface area contributed by atoms with Crippen LogP contribution in [0.5, 0.6) is 11.5 Å². The van der Waals surface area contributed by atoms with Crippen LogP contribution in [-0.4, -0.2) is 60.1 Å². The highest BCUT2D eigenvalue weighted by molar-refractivity contribution is 5.97. The fourth-order valence-electron chi connectivity index (χ4n) is 3.72. The van der Waals surface area contributed by atoms with E-state index in [0.29, 0.717) is 23.3 Å². The van der Waals surface area contributed by atoms with E-state index in [9.17, 15) is 9.90 Å². The van der Waals surface area contributed by atoms with Gasteiger partial charge in [0.1, 0.15) is 11.5 Å². The van der Waals surface area contributed by atoms with Gasteiger partial charge in [-0.2, -0.15) is 0 Å². The number of methoxy groups -OCH3 is 1. The largest absolute Gasteiger partial charge is 0.507 e. The Kier molecular flexibility index (Phi) is 5.52. The van der Waals surface area contributed by atoms with E-state index in [0.717, 1.165) is 38.5 Å². The molecular weight excluding hydrogens is 316 g/mol. The van der Waals surface area contributed by atoms with Crippen LogP contribution in [0.15, 0.2) is 18.2 Å². The summed E-state index contributed by atoms with van der Waals surface area (Å²) in [6.45, 7) is 8.14. The molecule has 1 aliphatic carbocycles. The Bertz CT molecular complexity index is 613. The molecule has 0 radical (unpaired) electrons. The molecule has 1 N–H and O–H groups in total. The van der Waals surface area contributed by atoms with Gasteiger partial charge in [0.05, 0.1) is 12.7 Å². The standard InChI is InChI=1S/C20H30N2O3/c1-14(2)18-13-22(10-4-9-21(18)12-15-5-6-15)20(24)17-11-16(25-3)7-8-19(17)23/h7-8,11,14-15,18,23H,4-6,9-10,12-13H2,1-3H3/t18-/m0/s1. The summed E-state index contributed by atoms with van der Waals surface area (Å²) in [7, 11) is 1.57. The van der Waals surface area contributed by atoms with Crippen molar-refractivity contribution in [1.82, 2.24) is 9.80 Å². The van der Waals surface area contributed by atoms with Gasteiger partial charge in [0, 0.05) is 32.2 Å². The summed E-state index contributed by atoms with van der Waals surface area (Å²) in [5, 5.41) is 10.1. The molecule has 5 heteroatoms. The number of nitrogens with zero attached hydrogens (tertiary/aromatic N) is 2. The zero-order chi connectivity index (χ0) is 18.0. The van der Waals surface area contributed by atoms with E-state index in [4.69, 9.17) is 4.74 Å². The Morgan fingerprint density at radius 1 is 1.32 bits per heavy atom. The first-order valence-electron chi connectivity index (χ1n) is 9.40. The van der Waals surface area contributed by atoms with Crippen molar-refractivity contribution in [2.45, 2.75) is 39.2 Å². The van der Waals surface area contributed by atoms with Gasteiger partial charge in [0.25, 0.3) is 5.91 Å². The van der Waals surface area contributed by atoms with Gasteiger partial charge in [-0.25, -0.2) is 0 Å². The Hall–Kier alpha value is -1.75. The lowest BCUT2D eigenvalue weighted by Gasteiger charge is -2.34. The molecule has 1 saturated heterocycles. The van der Waals surface area contributed by atoms with E-state index in [1.807, 2.05) is 4.90 Å². The maximum Gasteiger partial charge on any atom is 0.257 e. The van der Waals surface area contributed by atoms with E-state index >= 15 is 0 Å². The van der Waals surface area contributed by atoms with Gasteiger partial charge in [-0.15, -0.1) is 0 Å². The number of carbonyl (C=O) groups excluding carboxylic acids is 1. The van der Waals surface area contributed by atoms with Crippen LogP contribution in [0, 0.1) is 11.8 Å².